The van der Waals surface area contributed by atoms with Gasteiger partial charge >= 0.3 is 0 Å². The fourth-order valence-electron chi connectivity index (χ4n) is 3.49. The average Bonchev–Trinajstić information content (AvgIpc) is 2.60. The van der Waals surface area contributed by atoms with Crippen molar-refractivity contribution in [3.8, 4) is 0 Å². The molecule has 0 aliphatic carbocycles. The van der Waals surface area contributed by atoms with Crippen LogP contribution in [0.1, 0.15) is 63.5 Å². The van der Waals surface area contributed by atoms with Gasteiger partial charge in [0.05, 0.1) is 11.0 Å². The summed E-state index contributed by atoms with van der Waals surface area (Å²) in [5.41, 5.74) is 0.817. The summed E-state index contributed by atoms with van der Waals surface area (Å²) < 4.78 is 0. The van der Waals surface area contributed by atoms with E-state index in [1.807, 2.05) is 0 Å². The van der Waals surface area contributed by atoms with Crippen molar-refractivity contribution in [1.29, 1.82) is 0 Å². The third-order valence-electron chi connectivity index (χ3n) is 5.09. The number of hydrogen-bond donors (Lipinski definition) is 1. The molecule has 24 heavy (non-hydrogen) atoms. The van der Waals surface area contributed by atoms with E-state index in [0.29, 0.717) is 6.54 Å². The molecule has 1 fully saturated rings. The second kappa shape index (κ2) is 9.74. The number of rotatable bonds is 9. The molecule has 1 saturated heterocycles. The zero-order valence-corrected chi connectivity index (χ0v) is 14.7. The fraction of sp³-hybridized carbons (Fsp3) is 0.684. The lowest BCUT2D eigenvalue weighted by Gasteiger charge is -2.33. The standard InChI is InChI=1S/C19H30N2O3/c1-2-3-4-5-6-16-11-13-20(14-12-16)15-19(22)17-7-9-18(10-8-17)21(23)24/h7-10,16,19,22H,2-6,11-15H2,1H3. The van der Waals surface area contributed by atoms with Gasteiger partial charge in [0.1, 0.15) is 0 Å². The van der Waals surface area contributed by atoms with Crippen LogP contribution < -0.4 is 0 Å². The Morgan fingerprint density at radius 3 is 2.46 bits per heavy atom. The molecule has 1 aliphatic rings. The summed E-state index contributed by atoms with van der Waals surface area (Å²) in [6.07, 6.45) is 8.56. The van der Waals surface area contributed by atoms with Gasteiger partial charge < -0.3 is 10.0 Å². The van der Waals surface area contributed by atoms with Crippen LogP contribution in [0.4, 0.5) is 5.69 Å². The zero-order valence-electron chi connectivity index (χ0n) is 14.7. The van der Waals surface area contributed by atoms with Crippen LogP contribution in [0.25, 0.3) is 0 Å². The van der Waals surface area contributed by atoms with Crippen molar-refractivity contribution in [2.24, 2.45) is 5.92 Å². The Morgan fingerprint density at radius 1 is 1.21 bits per heavy atom. The lowest BCUT2D eigenvalue weighted by molar-refractivity contribution is -0.384. The monoisotopic (exact) mass is 334 g/mol. The summed E-state index contributed by atoms with van der Waals surface area (Å²) in [6, 6.07) is 6.23. The second-order valence-corrected chi connectivity index (χ2v) is 6.96. The smallest absolute Gasteiger partial charge is 0.269 e. The van der Waals surface area contributed by atoms with Crippen LogP contribution in [0.3, 0.4) is 0 Å². The number of nitro groups is 1. The Labute approximate surface area is 144 Å². The second-order valence-electron chi connectivity index (χ2n) is 6.96. The van der Waals surface area contributed by atoms with Gasteiger partial charge in [-0.05, 0) is 49.5 Å². The number of aliphatic hydroxyl groups is 1. The van der Waals surface area contributed by atoms with Gasteiger partial charge in [0.2, 0.25) is 0 Å². The van der Waals surface area contributed by atoms with Gasteiger partial charge in [-0.3, -0.25) is 10.1 Å². The van der Waals surface area contributed by atoms with E-state index in [0.717, 1.165) is 24.6 Å². The minimum absolute atomic E-state index is 0.0647. The quantitative estimate of drug-likeness (QED) is 0.415. The van der Waals surface area contributed by atoms with Gasteiger partial charge in [-0.15, -0.1) is 0 Å². The van der Waals surface area contributed by atoms with E-state index in [-0.39, 0.29) is 5.69 Å². The van der Waals surface area contributed by atoms with E-state index in [4.69, 9.17) is 0 Å². The minimum atomic E-state index is -0.577. The molecule has 1 aromatic carbocycles. The molecule has 0 aromatic heterocycles. The molecule has 2 rings (SSSR count). The summed E-state index contributed by atoms with van der Waals surface area (Å²) in [5, 5.41) is 21.0. The first-order chi connectivity index (χ1) is 11.6. The van der Waals surface area contributed by atoms with Crippen LogP contribution in [0.15, 0.2) is 24.3 Å². The van der Waals surface area contributed by atoms with Crippen molar-refractivity contribution >= 4 is 5.69 Å². The Hall–Kier alpha value is -1.46. The molecule has 1 unspecified atom stereocenters. The zero-order chi connectivity index (χ0) is 17.4. The number of unbranched alkanes of at least 4 members (excludes halogenated alkanes) is 3. The normalized spacial score (nSPS) is 17.8. The van der Waals surface area contributed by atoms with Crippen LogP contribution in [-0.4, -0.2) is 34.6 Å². The molecule has 0 spiro atoms. The number of aliphatic hydroxyl groups excluding tert-OH is 1. The Balaban J connectivity index is 1.71. The summed E-state index contributed by atoms with van der Waals surface area (Å²) in [5.74, 6) is 0.842. The highest BCUT2D eigenvalue weighted by molar-refractivity contribution is 5.33. The molecule has 5 nitrogen and oxygen atoms in total. The number of piperidine rings is 1. The lowest BCUT2D eigenvalue weighted by Crippen LogP contribution is -2.36. The molecule has 0 amide bonds. The Bertz CT molecular complexity index is 496. The largest absolute Gasteiger partial charge is 0.387 e. The maximum atomic E-state index is 10.7. The van der Waals surface area contributed by atoms with Crippen molar-refractivity contribution in [3.63, 3.8) is 0 Å². The average molecular weight is 334 g/mol. The predicted octanol–water partition coefficient (Wildman–Crippen LogP) is 4.31. The van der Waals surface area contributed by atoms with Gasteiger partial charge in [0.15, 0.2) is 0 Å². The summed E-state index contributed by atoms with van der Waals surface area (Å²) >= 11 is 0. The molecule has 1 atom stereocenters. The van der Waals surface area contributed by atoms with Crippen molar-refractivity contribution in [2.75, 3.05) is 19.6 Å². The van der Waals surface area contributed by atoms with E-state index >= 15 is 0 Å². The Kier molecular flexibility index (Phi) is 7.66. The van der Waals surface area contributed by atoms with E-state index in [2.05, 4.69) is 11.8 Å². The summed E-state index contributed by atoms with van der Waals surface area (Å²) in [7, 11) is 0. The third kappa shape index (κ3) is 5.87. The van der Waals surface area contributed by atoms with Gasteiger partial charge in [-0.25, -0.2) is 0 Å². The van der Waals surface area contributed by atoms with E-state index in [1.165, 1.54) is 57.1 Å². The molecule has 1 heterocycles. The molecule has 5 heteroatoms. The van der Waals surface area contributed by atoms with Gasteiger partial charge in [0, 0.05) is 18.7 Å². The van der Waals surface area contributed by atoms with E-state index in [1.54, 1.807) is 12.1 Å². The number of non-ortho nitro benzene ring substituents is 1. The number of β-amino-alcohol motifs (C(OH)–C–C–N with tert-alkyl or cyclic N) is 1. The molecule has 0 bridgehead atoms. The number of benzene rings is 1. The molecular weight excluding hydrogens is 304 g/mol. The SMILES string of the molecule is CCCCCCC1CCN(CC(O)c2ccc([N+](=O)[O-])cc2)CC1. The molecule has 1 N–H and O–H groups in total. The number of likely N-dealkylation sites (tertiary alicyclic amines) is 1. The van der Waals surface area contributed by atoms with Gasteiger partial charge in [-0.2, -0.15) is 0 Å². The highest BCUT2D eigenvalue weighted by atomic mass is 16.6. The maximum Gasteiger partial charge on any atom is 0.269 e. The number of nitro benzene ring substituents is 1. The first-order valence-electron chi connectivity index (χ1n) is 9.25. The van der Waals surface area contributed by atoms with Crippen LogP contribution in [-0.2, 0) is 0 Å². The first-order valence-corrected chi connectivity index (χ1v) is 9.25. The maximum absolute atomic E-state index is 10.7. The number of hydrogen-bond acceptors (Lipinski definition) is 4. The fourth-order valence-corrected chi connectivity index (χ4v) is 3.49. The third-order valence-corrected chi connectivity index (χ3v) is 5.09. The molecule has 0 radical (unpaired) electrons. The van der Waals surface area contributed by atoms with Gasteiger partial charge in [-0.1, -0.05) is 39.0 Å². The van der Waals surface area contributed by atoms with E-state index < -0.39 is 11.0 Å². The van der Waals surface area contributed by atoms with Crippen molar-refractivity contribution in [1.82, 2.24) is 4.90 Å². The summed E-state index contributed by atoms with van der Waals surface area (Å²) in [4.78, 5) is 12.6. The van der Waals surface area contributed by atoms with E-state index in [9.17, 15) is 15.2 Å². The molecule has 1 aliphatic heterocycles. The van der Waals surface area contributed by atoms with Crippen LogP contribution >= 0.6 is 0 Å². The van der Waals surface area contributed by atoms with Crippen LogP contribution in [0, 0.1) is 16.0 Å². The molecular formula is C19H30N2O3. The topological polar surface area (TPSA) is 66.6 Å². The highest BCUT2D eigenvalue weighted by Crippen LogP contribution is 2.25. The highest BCUT2D eigenvalue weighted by Gasteiger charge is 2.21. The predicted molar refractivity (Wildman–Crippen MR) is 96.0 cm³/mol. The lowest BCUT2D eigenvalue weighted by atomic mass is 9.91. The van der Waals surface area contributed by atoms with Crippen molar-refractivity contribution in [3.05, 3.63) is 39.9 Å². The summed E-state index contributed by atoms with van der Waals surface area (Å²) in [6.45, 7) is 4.94. The minimum Gasteiger partial charge on any atom is -0.387 e. The molecule has 134 valence electrons. The number of nitrogens with zero attached hydrogens (tertiary/aromatic N) is 2. The molecule has 1 aromatic rings. The van der Waals surface area contributed by atoms with Crippen LogP contribution in [0.2, 0.25) is 0 Å². The Morgan fingerprint density at radius 2 is 1.88 bits per heavy atom. The van der Waals surface area contributed by atoms with Gasteiger partial charge in [0.25, 0.3) is 5.69 Å². The van der Waals surface area contributed by atoms with Crippen LogP contribution in [0.5, 0.6) is 0 Å². The first kappa shape index (κ1) is 18.9. The van der Waals surface area contributed by atoms with Crippen molar-refractivity contribution in [2.45, 2.75) is 58.0 Å². The van der Waals surface area contributed by atoms with Crippen molar-refractivity contribution < 1.29 is 10.0 Å². The molecule has 0 saturated carbocycles.